The predicted octanol–water partition coefficient (Wildman–Crippen LogP) is 1.99. The third kappa shape index (κ3) is 2.07. The molecule has 0 amide bonds. The second kappa shape index (κ2) is 5.59. The van der Waals surface area contributed by atoms with Crippen LogP contribution in [0.1, 0.15) is 61.5 Å². The van der Waals surface area contributed by atoms with E-state index in [0.717, 1.165) is 5.57 Å². The van der Waals surface area contributed by atoms with E-state index in [1.807, 2.05) is 6.92 Å². The van der Waals surface area contributed by atoms with Gasteiger partial charge in [0.2, 0.25) is 0 Å². The predicted molar refractivity (Wildman–Crippen MR) is 94.1 cm³/mol. The fourth-order valence-corrected chi connectivity index (χ4v) is 6.43. The van der Waals surface area contributed by atoms with Gasteiger partial charge in [-0.3, -0.25) is 14.4 Å². The van der Waals surface area contributed by atoms with Crippen molar-refractivity contribution >= 4 is 17.3 Å². The standard InChI is InChI=1S/C21H28O5/c1-19-7-5-13(23)9-12(19)3-4-14-15-6-8-21(26,17(25)11-22)20(15,2)10-16(24)18(14)19/h9,14-15,18,22,26H,3-8,10-11H2,1-2H3/t14-,15-,18+,19-,20-,21-/m0/s1/i4D,7D,9+1,13+1/t4?,7?,14-,15-,18+,19-,20-,21-. The highest BCUT2D eigenvalue weighted by atomic mass is 16.3. The van der Waals surface area contributed by atoms with Crippen molar-refractivity contribution in [2.45, 2.75) is 64.3 Å². The minimum absolute atomic E-state index is 0.00265. The molecule has 0 spiro atoms. The fourth-order valence-electron chi connectivity index (χ4n) is 6.43. The fraction of sp³-hybridized carbons (Fsp3) is 0.762. The molecular weight excluding hydrogens is 334 g/mol. The number of allylic oxidation sites excluding steroid dienone is 1. The van der Waals surface area contributed by atoms with Crippen molar-refractivity contribution in [1.82, 2.24) is 0 Å². The van der Waals surface area contributed by atoms with Gasteiger partial charge in [-0.05, 0) is 55.4 Å². The van der Waals surface area contributed by atoms with Crippen LogP contribution >= 0.6 is 0 Å². The van der Waals surface area contributed by atoms with Crippen LogP contribution in [-0.4, -0.2) is 39.8 Å². The monoisotopic (exact) mass is 364 g/mol. The van der Waals surface area contributed by atoms with Gasteiger partial charge in [0.05, 0.1) is 0 Å². The Morgan fingerprint density at radius 2 is 2.08 bits per heavy atom. The Balaban J connectivity index is 1.82. The van der Waals surface area contributed by atoms with Crippen molar-refractivity contribution in [1.29, 1.82) is 0 Å². The highest BCUT2D eigenvalue weighted by Crippen LogP contribution is 2.66. The Morgan fingerprint density at radius 3 is 2.77 bits per heavy atom. The summed E-state index contributed by atoms with van der Waals surface area (Å²) >= 11 is 0. The van der Waals surface area contributed by atoms with Crippen LogP contribution in [0.2, 0.25) is 0 Å². The molecule has 4 aliphatic carbocycles. The molecule has 26 heavy (non-hydrogen) atoms. The first-order valence-electron chi connectivity index (χ1n) is 10.6. The summed E-state index contributed by atoms with van der Waals surface area (Å²) in [5.41, 5.74) is -2.81. The zero-order chi connectivity index (χ0) is 20.6. The zero-order valence-corrected chi connectivity index (χ0v) is 15.3. The second-order valence-corrected chi connectivity index (χ2v) is 8.97. The van der Waals surface area contributed by atoms with Crippen molar-refractivity contribution in [3.05, 3.63) is 11.6 Å². The number of carbonyl (C=O) groups is 3. The number of Topliss-reactive ketones (excluding diaryl/α,β-unsaturated/α-hetero) is 2. The van der Waals surface area contributed by atoms with Crippen LogP contribution in [0, 0.1) is 28.6 Å². The highest BCUT2D eigenvalue weighted by molar-refractivity contribution is 5.94. The van der Waals surface area contributed by atoms with Gasteiger partial charge < -0.3 is 10.2 Å². The summed E-state index contributed by atoms with van der Waals surface area (Å²) in [6, 6.07) is 0. The molecular formula is C21H28O5. The maximum absolute atomic E-state index is 13.4. The number of fused-ring (bicyclic) bond motifs is 5. The van der Waals surface area contributed by atoms with E-state index in [1.165, 1.54) is 0 Å². The van der Waals surface area contributed by atoms with Crippen LogP contribution in [0.25, 0.3) is 0 Å². The van der Waals surface area contributed by atoms with E-state index in [9.17, 15) is 24.6 Å². The normalized spacial score (nSPS) is 54.5. The number of hydrogen-bond acceptors (Lipinski definition) is 5. The summed E-state index contributed by atoms with van der Waals surface area (Å²) in [6.45, 7) is 2.86. The average Bonchev–Trinajstić information content (AvgIpc) is 2.88. The van der Waals surface area contributed by atoms with Crippen molar-refractivity contribution in [2.24, 2.45) is 28.6 Å². The van der Waals surface area contributed by atoms with E-state index in [0.29, 0.717) is 12.8 Å². The Labute approximate surface area is 156 Å². The molecule has 0 bridgehead atoms. The summed E-state index contributed by atoms with van der Waals surface area (Å²) in [5.74, 6) is -2.03. The topological polar surface area (TPSA) is 91.7 Å². The average molecular weight is 364 g/mol. The highest BCUT2D eigenvalue weighted by Gasteiger charge is 2.68. The molecule has 3 saturated carbocycles. The van der Waals surface area contributed by atoms with Crippen LogP contribution in [0.4, 0.5) is 0 Å². The third-order valence-corrected chi connectivity index (χ3v) is 7.93. The van der Waals surface area contributed by atoms with Gasteiger partial charge in [0.25, 0.3) is 0 Å². The van der Waals surface area contributed by atoms with E-state index in [2.05, 4.69) is 0 Å². The lowest BCUT2D eigenvalue weighted by Crippen LogP contribution is -2.60. The molecule has 0 heterocycles. The smallest absolute Gasteiger partial charge is 0.190 e. The number of aliphatic hydroxyl groups is 2. The third-order valence-electron chi connectivity index (χ3n) is 7.93. The van der Waals surface area contributed by atoms with E-state index in [1.54, 1.807) is 13.0 Å². The van der Waals surface area contributed by atoms with E-state index >= 15 is 0 Å². The molecule has 0 saturated heterocycles. The Kier molecular flexibility index (Phi) is 3.37. The molecule has 0 radical (unpaired) electrons. The largest absolute Gasteiger partial charge is 0.388 e. The van der Waals surface area contributed by atoms with Gasteiger partial charge in [-0.25, -0.2) is 0 Å². The van der Waals surface area contributed by atoms with Crippen molar-refractivity contribution in [3.8, 4) is 0 Å². The zero-order valence-electron chi connectivity index (χ0n) is 17.3. The van der Waals surface area contributed by atoms with Gasteiger partial charge >= 0.3 is 0 Å². The minimum atomic E-state index is -1.76. The molecule has 3 fully saturated rings. The number of hydrogen-bond donors (Lipinski definition) is 2. The lowest BCUT2D eigenvalue weighted by atomic mass is 9.46. The van der Waals surface area contributed by atoms with Gasteiger partial charge in [-0.2, -0.15) is 0 Å². The van der Waals surface area contributed by atoms with Gasteiger partial charge in [0.15, 0.2) is 11.6 Å². The number of carbonyl (C=O) groups excluding carboxylic acids is 3. The van der Waals surface area contributed by atoms with Crippen molar-refractivity contribution in [2.75, 3.05) is 6.61 Å². The summed E-state index contributed by atoms with van der Waals surface area (Å²) < 4.78 is 17.4. The number of rotatable bonds is 2. The van der Waals surface area contributed by atoms with Gasteiger partial charge in [-0.15, -0.1) is 0 Å². The molecule has 4 rings (SSSR count). The molecule has 5 heteroatoms. The molecule has 8 atom stereocenters. The lowest BCUT2D eigenvalue weighted by Gasteiger charge is -2.57. The summed E-state index contributed by atoms with van der Waals surface area (Å²) in [6.07, 6.45) is 1.30. The van der Waals surface area contributed by atoms with Crippen LogP contribution in [-0.2, 0) is 14.4 Å². The molecule has 4 aliphatic rings. The van der Waals surface area contributed by atoms with Crippen LogP contribution < -0.4 is 0 Å². The number of aliphatic hydroxyl groups excluding tert-OH is 1. The van der Waals surface area contributed by atoms with E-state index in [4.69, 9.17) is 2.74 Å². The Hall–Kier alpha value is -1.33. The molecule has 0 aromatic carbocycles. The first-order chi connectivity index (χ1) is 13.0. The summed E-state index contributed by atoms with van der Waals surface area (Å²) in [7, 11) is 0. The minimum Gasteiger partial charge on any atom is -0.388 e. The molecule has 2 unspecified atom stereocenters. The van der Waals surface area contributed by atoms with E-state index < -0.39 is 47.5 Å². The SMILES string of the molecule is [2H]C1CC2=[13CH][13C](=O)CC([2H])[C@]2(C)[C@H]2C(=O)C[C@@]3(C)[C@@H](CC[C@]3(O)C(=O)CO)[C@H]12. The van der Waals surface area contributed by atoms with Crippen LogP contribution in [0.5, 0.6) is 0 Å². The first kappa shape index (κ1) is 15.7. The molecule has 142 valence electrons. The maximum atomic E-state index is 13.4. The quantitative estimate of drug-likeness (QED) is 0.731. The molecule has 5 nitrogen and oxygen atoms in total. The maximum Gasteiger partial charge on any atom is 0.190 e. The molecule has 2 N–H and O–H groups in total. The molecule has 0 aliphatic heterocycles. The van der Waals surface area contributed by atoms with E-state index in [-0.39, 0.29) is 42.7 Å². The Bertz CT molecular complexity index is 794. The number of ketones is 3. The summed E-state index contributed by atoms with van der Waals surface area (Å²) in [5, 5.41) is 20.6. The first-order valence-corrected chi connectivity index (χ1v) is 9.48. The van der Waals surface area contributed by atoms with Gasteiger partial charge in [0.1, 0.15) is 18.0 Å². The van der Waals surface area contributed by atoms with Gasteiger partial charge in [0, 0.05) is 26.9 Å². The lowest BCUT2D eigenvalue weighted by molar-refractivity contribution is -0.170. The Morgan fingerprint density at radius 1 is 1.35 bits per heavy atom. The van der Waals surface area contributed by atoms with Gasteiger partial charge in [-0.1, -0.05) is 19.4 Å². The van der Waals surface area contributed by atoms with Crippen LogP contribution in [0.3, 0.4) is 0 Å². The molecule has 0 aromatic heterocycles. The summed E-state index contributed by atoms with van der Waals surface area (Å²) in [4.78, 5) is 37.8. The van der Waals surface area contributed by atoms with Crippen molar-refractivity contribution < 1.29 is 27.3 Å². The molecule has 0 aromatic rings. The second-order valence-electron chi connectivity index (χ2n) is 8.97. The van der Waals surface area contributed by atoms with Crippen molar-refractivity contribution in [3.63, 3.8) is 0 Å². The van der Waals surface area contributed by atoms with Crippen LogP contribution in [0.15, 0.2) is 11.6 Å².